The van der Waals surface area contributed by atoms with E-state index >= 15 is 0 Å². The molecular formula is C13H14O3. The Labute approximate surface area is 94.7 Å². The Kier molecular flexibility index (Phi) is 2.95. The van der Waals surface area contributed by atoms with E-state index in [0.717, 1.165) is 5.56 Å². The normalized spacial score (nSPS) is 17.6. The van der Waals surface area contributed by atoms with Crippen LogP contribution in [-0.4, -0.2) is 19.5 Å². The van der Waals surface area contributed by atoms with Crippen molar-refractivity contribution in [3.8, 4) is 5.75 Å². The SMILES string of the molecule is CO/C=C1/CCOc2ccc(C)cc2C1=O. The fraction of sp³-hybridized carbons (Fsp3) is 0.308. The van der Waals surface area contributed by atoms with Gasteiger partial charge >= 0.3 is 0 Å². The van der Waals surface area contributed by atoms with Crippen molar-refractivity contribution in [1.82, 2.24) is 0 Å². The van der Waals surface area contributed by atoms with Gasteiger partial charge in [0.1, 0.15) is 5.75 Å². The maximum atomic E-state index is 12.2. The number of fused-ring (bicyclic) bond motifs is 1. The lowest BCUT2D eigenvalue weighted by molar-refractivity contribution is 0.102. The zero-order chi connectivity index (χ0) is 11.5. The summed E-state index contributed by atoms with van der Waals surface area (Å²) in [6, 6.07) is 5.64. The molecule has 1 aromatic rings. The van der Waals surface area contributed by atoms with Crippen LogP contribution >= 0.6 is 0 Å². The summed E-state index contributed by atoms with van der Waals surface area (Å²) >= 11 is 0. The maximum Gasteiger partial charge on any atom is 0.195 e. The first-order chi connectivity index (χ1) is 7.72. The third kappa shape index (κ3) is 1.94. The van der Waals surface area contributed by atoms with Crippen LogP contribution in [-0.2, 0) is 4.74 Å². The summed E-state index contributed by atoms with van der Waals surface area (Å²) in [6.07, 6.45) is 2.09. The molecule has 0 atom stereocenters. The molecule has 1 aromatic carbocycles. The van der Waals surface area contributed by atoms with Crippen molar-refractivity contribution >= 4 is 5.78 Å². The molecule has 0 aliphatic carbocycles. The third-order valence-electron chi connectivity index (χ3n) is 2.56. The molecule has 0 spiro atoms. The van der Waals surface area contributed by atoms with Crippen molar-refractivity contribution in [2.45, 2.75) is 13.3 Å². The number of ether oxygens (including phenoxy) is 2. The van der Waals surface area contributed by atoms with Gasteiger partial charge in [-0.1, -0.05) is 11.6 Å². The molecule has 0 aromatic heterocycles. The first-order valence-electron chi connectivity index (χ1n) is 5.22. The number of Topliss-reactive ketones (excluding diaryl/α,β-unsaturated/α-hetero) is 1. The highest BCUT2D eigenvalue weighted by molar-refractivity contribution is 6.10. The van der Waals surface area contributed by atoms with Crippen LogP contribution in [0.1, 0.15) is 22.3 Å². The van der Waals surface area contributed by atoms with E-state index in [1.807, 2.05) is 25.1 Å². The van der Waals surface area contributed by atoms with Gasteiger partial charge in [-0.3, -0.25) is 4.79 Å². The fourth-order valence-electron chi connectivity index (χ4n) is 1.76. The molecule has 0 bridgehead atoms. The summed E-state index contributed by atoms with van der Waals surface area (Å²) in [5, 5.41) is 0. The molecule has 16 heavy (non-hydrogen) atoms. The predicted octanol–water partition coefficient (Wildman–Crippen LogP) is 2.49. The highest BCUT2D eigenvalue weighted by atomic mass is 16.5. The van der Waals surface area contributed by atoms with Crippen molar-refractivity contribution in [1.29, 1.82) is 0 Å². The molecule has 84 valence electrons. The summed E-state index contributed by atoms with van der Waals surface area (Å²) in [5.41, 5.74) is 2.34. The number of hydrogen-bond donors (Lipinski definition) is 0. The Bertz CT molecular complexity index is 446. The maximum absolute atomic E-state index is 12.2. The van der Waals surface area contributed by atoms with E-state index in [1.165, 1.54) is 6.26 Å². The monoisotopic (exact) mass is 218 g/mol. The standard InChI is InChI=1S/C13H14O3/c1-9-3-4-12-11(7-9)13(14)10(8-15-2)5-6-16-12/h3-4,7-8H,5-6H2,1-2H3/b10-8-. The van der Waals surface area contributed by atoms with Crippen molar-refractivity contribution in [3.63, 3.8) is 0 Å². The third-order valence-corrected chi connectivity index (χ3v) is 2.56. The second-order valence-electron chi connectivity index (χ2n) is 3.81. The lowest BCUT2D eigenvalue weighted by Crippen LogP contribution is -2.03. The van der Waals surface area contributed by atoms with Crippen molar-refractivity contribution in [2.24, 2.45) is 0 Å². The highest BCUT2D eigenvalue weighted by Gasteiger charge is 2.21. The Morgan fingerprint density at radius 3 is 3.00 bits per heavy atom. The largest absolute Gasteiger partial charge is 0.504 e. The van der Waals surface area contributed by atoms with E-state index in [0.29, 0.717) is 29.9 Å². The van der Waals surface area contributed by atoms with Gasteiger partial charge < -0.3 is 9.47 Å². The summed E-state index contributed by atoms with van der Waals surface area (Å²) in [5.74, 6) is 0.660. The van der Waals surface area contributed by atoms with E-state index in [4.69, 9.17) is 9.47 Å². The zero-order valence-electron chi connectivity index (χ0n) is 9.45. The van der Waals surface area contributed by atoms with E-state index in [1.54, 1.807) is 7.11 Å². The Morgan fingerprint density at radius 1 is 1.44 bits per heavy atom. The van der Waals surface area contributed by atoms with Gasteiger partial charge in [-0.2, -0.15) is 0 Å². The van der Waals surface area contributed by atoms with Gasteiger partial charge in [0.05, 0.1) is 25.5 Å². The van der Waals surface area contributed by atoms with Gasteiger partial charge in [0.15, 0.2) is 5.78 Å². The zero-order valence-corrected chi connectivity index (χ0v) is 9.45. The minimum absolute atomic E-state index is 0.00181. The smallest absolute Gasteiger partial charge is 0.195 e. The molecule has 0 amide bonds. The fourth-order valence-corrected chi connectivity index (χ4v) is 1.76. The average molecular weight is 218 g/mol. The summed E-state index contributed by atoms with van der Waals surface area (Å²) in [7, 11) is 1.54. The molecule has 0 fully saturated rings. The van der Waals surface area contributed by atoms with Gasteiger partial charge in [0, 0.05) is 12.0 Å². The van der Waals surface area contributed by atoms with E-state index in [2.05, 4.69) is 0 Å². The lowest BCUT2D eigenvalue weighted by atomic mass is 10.0. The van der Waals surface area contributed by atoms with Crippen LogP contribution in [0.25, 0.3) is 0 Å². The van der Waals surface area contributed by atoms with Crippen LogP contribution < -0.4 is 4.74 Å². The van der Waals surface area contributed by atoms with Gasteiger partial charge in [-0.15, -0.1) is 0 Å². The molecule has 1 heterocycles. The summed E-state index contributed by atoms with van der Waals surface area (Å²) in [4.78, 5) is 12.2. The van der Waals surface area contributed by atoms with Crippen LogP contribution in [0.4, 0.5) is 0 Å². The molecule has 0 saturated heterocycles. The Morgan fingerprint density at radius 2 is 2.25 bits per heavy atom. The highest BCUT2D eigenvalue weighted by Crippen LogP contribution is 2.27. The molecule has 0 radical (unpaired) electrons. The number of ketones is 1. The van der Waals surface area contributed by atoms with E-state index in [9.17, 15) is 4.79 Å². The second kappa shape index (κ2) is 4.39. The van der Waals surface area contributed by atoms with Crippen LogP contribution in [0.3, 0.4) is 0 Å². The number of carbonyl (C=O) groups excluding carboxylic acids is 1. The molecule has 0 N–H and O–H groups in total. The van der Waals surface area contributed by atoms with Gasteiger partial charge in [0.25, 0.3) is 0 Å². The van der Waals surface area contributed by atoms with Crippen molar-refractivity contribution in [2.75, 3.05) is 13.7 Å². The molecule has 1 aliphatic rings. The second-order valence-corrected chi connectivity index (χ2v) is 3.81. The quantitative estimate of drug-likeness (QED) is 0.536. The van der Waals surface area contributed by atoms with Gasteiger partial charge in [-0.25, -0.2) is 0 Å². The number of aryl methyl sites for hydroxylation is 1. The molecule has 2 rings (SSSR count). The summed E-state index contributed by atoms with van der Waals surface area (Å²) in [6.45, 7) is 2.47. The molecule has 0 unspecified atom stereocenters. The van der Waals surface area contributed by atoms with Crippen LogP contribution in [0.5, 0.6) is 5.75 Å². The Balaban J connectivity index is 2.47. The number of carbonyl (C=O) groups is 1. The van der Waals surface area contributed by atoms with Gasteiger partial charge in [0.2, 0.25) is 0 Å². The molecule has 1 aliphatic heterocycles. The van der Waals surface area contributed by atoms with Crippen LogP contribution in [0.15, 0.2) is 30.0 Å². The minimum atomic E-state index is -0.00181. The minimum Gasteiger partial charge on any atom is -0.504 e. The van der Waals surface area contributed by atoms with Crippen molar-refractivity contribution in [3.05, 3.63) is 41.2 Å². The number of hydrogen-bond acceptors (Lipinski definition) is 3. The van der Waals surface area contributed by atoms with Crippen LogP contribution in [0, 0.1) is 6.92 Å². The van der Waals surface area contributed by atoms with E-state index < -0.39 is 0 Å². The van der Waals surface area contributed by atoms with Crippen molar-refractivity contribution < 1.29 is 14.3 Å². The number of rotatable bonds is 1. The lowest BCUT2D eigenvalue weighted by Gasteiger charge is -2.05. The number of benzene rings is 1. The molecule has 0 saturated carbocycles. The van der Waals surface area contributed by atoms with E-state index in [-0.39, 0.29) is 5.78 Å². The molecule has 3 heteroatoms. The Hall–Kier alpha value is -1.77. The summed E-state index contributed by atoms with van der Waals surface area (Å²) < 4.78 is 10.4. The first-order valence-corrected chi connectivity index (χ1v) is 5.22. The first kappa shape index (κ1) is 10.7. The predicted molar refractivity (Wildman–Crippen MR) is 60.7 cm³/mol. The molecule has 3 nitrogen and oxygen atoms in total. The average Bonchev–Trinajstić information content (AvgIpc) is 2.42. The van der Waals surface area contributed by atoms with Crippen LogP contribution in [0.2, 0.25) is 0 Å². The topological polar surface area (TPSA) is 35.5 Å². The van der Waals surface area contributed by atoms with Gasteiger partial charge in [-0.05, 0) is 19.1 Å². The number of methoxy groups -OCH3 is 1. The molecular weight excluding hydrogens is 204 g/mol.